The van der Waals surface area contributed by atoms with Crippen LogP contribution in [-0.2, 0) is 0 Å². The van der Waals surface area contributed by atoms with E-state index in [1.165, 1.54) is 11.3 Å². The standard InChI is InChI=1S/C45H25N3OS2/c1-2-10-26(11-3-1)43-46-44(27-21-23-38-36(24-27)29-12-4-6-18-37(29)49-38)48-45(47-43)28-20-22-31-33-15-9-17-35(42(33)51-40(31)25-28)34-16-8-14-32-30-13-5-7-19-39(30)50-41(32)34/h1-25H/i9D,15D,17D,20D,22D,25D. The van der Waals surface area contributed by atoms with Crippen molar-refractivity contribution in [2.45, 2.75) is 0 Å². The predicted molar refractivity (Wildman–Crippen MR) is 215 cm³/mol. The number of furan rings is 1. The molecule has 51 heavy (non-hydrogen) atoms. The maximum atomic E-state index is 9.67. The second-order valence-electron chi connectivity index (χ2n) is 12.3. The molecule has 4 aromatic heterocycles. The molecule has 0 spiro atoms. The van der Waals surface area contributed by atoms with Crippen LogP contribution in [0.4, 0.5) is 0 Å². The third-order valence-electron chi connectivity index (χ3n) is 9.26. The van der Waals surface area contributed by atoms with E-state index < -0.39 is 0 Å². The normalized spacial score (nSPS) is 13.6. The highest BCUT2D eigenvalue weighted by atomic mass is 32.1. The Balaban J connectivity index is 1.18. The van der Waals surface area contributed by atoms with Gasteiger partial charge in [-0.15, -0.1) is 22.7 Å². The Bertz CT molecular complexity index is 3510. The van der Waals surface area contributed by atoms with Crippen LogP contribution in [0.25, 0.3) is 108 Å². The van der Waals surface area contributed by atoms with Crippen molar-refractivity contribution in [1.82, 2.24) is 15.0 Å². The number of hydrogen-bond acceptors (Lipinski definition) is 6. The van der Waals surface area contributed by atoms with E-state index in [2.05, 4.69) is 18.2 Å². The third kappa shape index (κ3) is 4.54. The molecule has 0 atom stereocenters. The van der Waals surface area contributed by atoms with Crippen LogP contribution in [0.1, 0.15) is 8.22 Å². The molecule has 11 rings (SSSR count). The topological polar surface area (TPSA) is 51.8 Å². The molecule has 0 bridgehead atoms. The van der Waals surface area contributed by atoms with Crippen molar-refractivity contribution in [3.05, 3.63) is 152 Å². The van der Waals surface area contributed by atoms with Crippen molar-refractivity contribution in [3.8, 4) is 45.3 Å². The first-order chi connectivity index (χ1) is 27.8. The molecule has 0 fully saturated rings. The van der Waals surface area contributed by atoms with Gasteiger partial charge in [0.05, 0.1) is 8.22 Å². The first-order valence-electron chi connectivity index (χ1n) is 19.4. The second kappa shape index (κ2) is 11.2. The van der Waals surface area contributed by atoms with Crippen molar-refractivity contribution in [3.63, 3.8) is 0 Å². The van der Waals surface area contributed by atoms with Gasteiger partial charge in [0.1, 0.15) is 11.2 Å². The SMILES string of the molecule is [2H]c1c([2H])c([2H])c2c(sc3c([2H])c(-c4nc(-c5ccccc5)nc(-c5ccc6oc7ccccc7c6c5)n4)c([2H])c([2H])c32)c1-c1cccc2c1sc1ccccc12. The van der Waals surface area contributed by atoms with Gasteiger partial charge >= 0.3 is 0 Å². The van der Waals surface area contributed by atoms with Gasteiger partial charge in [0, 0.05) is 78.9 Å². The van der Waals surface area contributed by atoms with E-state index in [0.29, 0.717) is 43.1 Å². The Morgan fingerprint density at radius 2 is 1.16 bits per heavy atom. The van der Waals surface area contributed by atoms with E-state index in [1.807, 2.05) is 97.1 Å². The predicted octanol–water partition coefficient (Wildman–Crippen LogP) is 13.2. The van der Waals surface area contributed by atoms with Gasteiger partial charge < -0.3 is 4.42 Å². The lowest BCUT2D eigenvalue weighted by molar-refractivity contribution is 0.669. The number of fused-ring (bicyclic) bond motifs is 9. The minimum absolute atomic E-state index is 0.0617. The molecule has 0 aliphatic rings. The quantitative estimate of drug-likeness (QED) is 0.184. The van der Waals surface area contributed by atoms with E-state index in [1.54, 1.807) is 11.3 Å². The van der Waals surface area contributed by atoms with Crippen LogP contribution in [0.2, 0.25) is 0 Å². The van der Waals surface area contributed by atoms with Crippen LogP contribution in [-0.4, -0.2) is 15.0 Å². The highest BCUT2D eigenvalue weighted by molar-refractivity contribution is 7.27. The lowest BCUT2D eigenvalue weighted by Crippen LogP contribution is -2.00. The van der Waals surface area contributed by atoms with E-state index in [-0.39, 0.29) is 53.0 Å². The van der Waals surface area contributed by atoms with Crippen LogP contribution < -0.4 is 0 Å². The molecule has 0 aliphatic heterocycles. The maximum Gasteiger partial charge on any atom is 0.164 e. The maximum absolute atomic E-state index is 9.67. The van der Waals surface area contributed by atoms with E-state index >= 15 is 0 Å². The monoisotopic (exact) mass is 693 g/mol. The van der Waals surface area contributed by atoms with Crippen molar-refractivity contribution in [1.29, 1.82) is 0 Å². The molecule has 0 unspecified atom stereocenters. The summed E-state index contributed by atoms with van der Waals surface area (Å²) in [6.45, 7) is 0. The number of para-hydroxylation sites is 1. The summed E-state index contributed by atoms with van der Waals surface area (Å²) in [4.78, 5) is 14.6. The lowest BCUT2D eigenvalue weighted by Gasteiger charge is -2.08. The number of rotatable bonds is 4. The van der Waals surface area contributed by atoms with Crippen molar-refractivity contribution < 1.29 is 12.6 Å². The number of hydrogen-bond donors (Lipinski definition) is 0. The Morgan fingerprint density at radius 1 is 0.451 bits per heavy atom. The van der Waals surface area contributed by atoms with Crippen molar-refractivity contribution in [2.75, 3.05) is 0 Å². The molecular formula is C45H25N3OS2. The molecule has 4 nitrogen and oxygen atoms in total. The largest absolute Gasteiger partial charge is 0.456 e. The molecule has 238 valence electrons. The summed E-state index contributed by atoms with van der Waals surface area (Å²) < 4.78 is 64.7. The molecule has 0 N–H and O–H groups in total. The summed E-state index contributed by atoms with van der Waals surface area (Å²) in [5, 5.41) is 4.51. The Morgan fingerprint density at radius 3 is 2.06 bits per heavy atom. The van der Waals surface area contributed by atoms with E-state index in [0.717, 1.165) is 47.7 Å². The minimum atomic E-state index is -0.270. The fourth-order valence-electron chi connectivity index (χ4n) is 6.86. The summed E-state index contributed by atoms with van der Waals surface area (Å²) >= 11 is 2.82. The summed E-state index contributed by atoms with van der Waals surface area (Å²) in [6.07, 6.45) is 0. The van der Waals surface area contributed by atoms with Crippen LogP contribution in [0.15, 0.2) is 156 Å². The zero-order chi connectivity index (χ0) is 38.7. The fraction of sp³-hybridized carbons (Fsp3) is 0. The van der Waals surface area contributed by atoms with Gasteiger partial charge in [-0.2, -0.15) is 0 Å². The Kier molecular flexibility index (Phi) is 5.08. The van der Waals surface area contributed by atoms with Gasteiger partial charge in [-0.25, -0.2) is 15.0 Å². The molecule has 6 heteroatoms. The van der Waals surface area contributed by atoms with Gasteiger partial charge in [-0.3, -0.25) is 0 Å². The summed E-state index contributed by atoms with van der Waals surface area (Å²) in [5.41, 5.74) is 4.18. The van der Waals surface area contributed by atoms with Crippen molar-refractivity contribution >= 4 is 85.0 Å². The fourth-order valence-corrected chi connectivity index (χ4v) is 9.21. The van der Waals surface area contributed by atoms with Gasteiger partial charge in [0.25, 0.3) is 0 Å². The van der Waals surface area contributed by atoms with Gasteiger partial charge in [-0.1, -0.05) is 115 Å². The zero-order valence-electron chi connectivity index (χ0n) is 32.5. The summed E-state index contributed by atoms with van der Waals surface area (Å²) in [7, 11) is 0. The summed E-state index contributed by atoms with van der Waals surface area (Å²) in [5.74, 6) is 0.750. The van der Waals surface area contributed by atoms with Gasteiger partial charge in [0.15, 0.2) is 17.5 Å². The molecule has 0 aliphatic carbocycles. The van der Waals surface area contributed by atoms with Crippen molar-refractivity contribution in [2.24, 2.45) is 0 Å². The van der Waals surface area contributed by atoms with Gasteiger partial charge in [-0.05, 0) is 36.4 Å². The first-order valence-corrected chi connectivity index (χ1v) is 18.0. The Hall–Kier alpha value is -6.21. The molecule has 4 heterocycles. The smallest absolute Gasteiger partial charge is 0.164 e. The van der Waals surface area contributed by atoms with E-state index in [9.17, 15) is 5.48 Å². The molecule has 0 saturated heterocycles. The lowest BCUT2D eigenvalue weighted by atomic mass is 10.0. The second-order valence-corrected chi connectivity index (χ2v) is 14.3. The van der Waals surface area contributed by atoms with Crippen LogP contribution in [0.5, 0.6) is 0 Å². The van der Waals surface area contributed by atoms with Crippen LogP contribution >= 0.6 is 22.7 Å². The number of aromatic nitrogens is 3. The van der Waals surface area contributed by atoms with Crippen LogP contribution in [0.3, 0.4) is 0 Å². The zero-order valence-corrected chi connectivity index (χ0v) is 28.2. The van der Waals surface area contributed by atoms with Crippen LogP contribution in [0, 0.1) is 0 Å². The molecule has 7 aromatic carbocycles. The number of thiophene rings is 2. The van der Waals surface area contributed by atoms with Gasteiger partial charge in [0.2, 0.25) is 0 Å². The Labute approximate surface area is 308 Å². The minimum Gasteiger partial charge on any atom is -0.456 e. The molecule has 11 aromatic rings. The average molecular weight is 694 g/mol. The molecule has 0 radical (unpaired) electrons. The molecule has 0 saturated carbocycles. The molecular weight excluding hydrogens is 663 g/mol. The summed E-state index contributed by atoms with van der Waals surface area (Å²) in [6, 6.07) is 35.9. The number of nitrogens with zero attached hydrogens (tertiary/aromatic N) is 3. The third-order valence-corrected chi connectivity index (χ3v) is 11.6. The van der Waals surface area contributed by atoms with E-state index in [4.69, 9.17) is 22.1 Å². The highest BCUT2D eigenvalue weighted by Gasteiger charge is 2.18. The number of benzene rings is 7. The molecule has 0 amide bonds. The first kappa shape index (κ1) is 23.2. The highest BCUT2D eigenvalue weighted by Crippen LogP contribution is 2.45. The average Bonchev–Trinajstić information content (AvgIpc) is 3.95.